The van der Waals surface area contributed by atoms with Crippen molar-refractivity contribution >= 4 is 39.0 Å². The van der Waals surface area contributed by atoms with Gasteiger partial charge in [-0.2, -0.15) is 0 Å². The molecule has 0 atom stereocenters. The molecule has 0 spiro atoms. The molecule has 0 saturated carbocycles. The molecule has 118 valence electrons. The number of halogens is 1. The summed E-state index contributed by atoms with van der Waals surface area (Å²) in [5.74, 6) is 0.591. The van der Waals surface area contributed by atoms with Crippen LogP contribution in [-0.4, -0.2) is 25.4 Å². The van der Waals surface area contributed by atoms with E-state index in [2.05, 4.69) is 15.2 Å². The summed E-state index contributed by atoms with van der Waals surface area (Å²) in [5, 5.41) is 6.18. The molecule has 0 unspecified atom stereocenters. The van der Waals surface area contributed by atoms with Gasteiger partial charge in [-0.25, -0.2) is 8.42 Å². The van der Waals surface area contributed by atoms with Gasteiger partial charge < -0.3 is 9.84 Å². The largest absolute Gasteiger partial charge is 0.360 e. The summed E-state index contributed by atoms with van der Waals surface area (Å²) >= 11 is 5.46. The van der Waals surface area contributed by atoms with E-state index in [-0.39, 0.29) is 28.9 Å². The van der Waals surface area contributed by atoms with Crippen LogP contribution in [-0.2, 0) is 14.8 Å². The standard InChI is InChI=1S/C13H14ClN3O4S/c1-9-8-12(16-21-9)17-22(19,20)11-4-2-10(3-5-11)15-13(18)6-7-14/h2-5,8H,6-7H2,1H3,(H,15,18)(H,16,17). The number of sulfonamides is 1. The number of anilines is 2. The fraction of sp³-hybridized carbons (Fsp3) is 0.231. The zero-order valence-electron chi connectivity index (χ0n) is 11.7. The number of hydrogen-bond donors (Lipinski definition) is 2. The monoisotopic (exact) mass is 343 g/mol. The number of amides is 1. The fourth-order valence-electron chi connectivity index (χ4n) is 1.64. The van der Waals surface area contributed by atoms with E-state index in [0.29, 0.717) is 11.4 Å². The molecular formula is C13H14ClN3O4S. The van der Waals surface area contributed by atoms with Crippen LogP contribution in [0.1, 0.15) is 12.2 Å². The molecular weight excluding hydrogens is 330 g/mol. The van der Waals surface area contributed by atoms with Crippen molar-refractivity contribution in [3.63, 3.8) is 0 Å². The van der Waals surface area contributed by atoms with Crippen LogP contribution >= 0.6 is 11.6 Å². The molecule has 0 fully saturated rings. The van der Waals surface area contributed by atoms with E-state index in [1.807, 2.05) is 0 Å². The Balaban J connectivity index is 2.10. The molecule has 2 N–H and O–H groups in total. The molecule has 22 heavy (non-hydrogen) atoms. The highest BCUT2D eigenvalue weighted by Gasteiger charge is 2.16. The normalized spacial score (nSPS) is 11.2. The Morgan fingerprint density at radius 3 is 2.55 bits per heavy atom. The van der Waals surface area contributed by atoms with Gasteiger partial charge in [0.05, 0.1) is 4.90 Å². The molecule has 0 aliphatic carbocycles. The van der Waals surface area contributed by atoms with Crippen molar-refractivity contribution in [2.75, 3.05) is 15.9 Å². The van der Waals surface area contributed by atoms with Gasteiger partial charge in [-0.1, -0.05) is 5.16 Å². The number of alkyl halides is 1. The Morgan fingerprint density at radius 2 is 2.00 bits per heavy atom. The highest BCUT2D eigenvalue weighted by Crippen LogP contribution is 2.18. The molecule has 2 rings (SSSR count). The lowest BCUT2D eigenvalue weighted by Gasteiger charge is -2.07. The third-order valence-corrected chi connectivity index (χ3v) is 4.20. The molecule has 0 radical (unpaired) electrons. The van der Waals surface area contributed by atoms with Gasteiger partial charge in [-0.3, -0.25) is 9.52 Å². The van der Waals surface area contributed by atoms with Crippen LogP contribution in [0.3, 0.4) is 0 Å². The summed E-state index contributed by atoms with van der Waals surface area (Å²) in [6.07, 6.45) is 0.189. The molecule has 0 bridgehead atoms. The number of rotatable bonds is 6. The van der Waals surface area contributed by atoms with Crippen molar-refractivity contribution in [1.82, 2.24) is 5.16 Å². The van der Waals surface area contributed by atoms with E-state index in [9.17, 15) is 13.2 Å². The zero-order valence-corrected chi connectivity index (χ0v) is 13.2. The number of nitrogens with one attached hydrogen (secondary N) is 2. The predicted octanol–water partition coefficient (Wildman–Crippen LogP) is 2.35. The number of hydrogen-bond acceptors (Lipinski definition) is 5. The van der Waals surface area contributed by atoms with Gasteiger partial charge in [-0.15, -0.1) is 11.6 Å². The van der Waals surface area contributed by atoms with Crippen LogP contribution in [0.15, 0.2) is 39.8 Å². The van der Waals surface area contributed by atoms with Gasteiger partial charge in [0.2, 0.25) is 5.91 Å². The average Bonchev–Trinajstić information content (AvgIpc) is 2.84. The van der Waals surface area contributed by atoms with Crippen molar-refractivity contribution in [3.05, 3.63) is 36.1 Å². The quantitative estimate of drug-likeness (QED) is 0.784. The minimum atomic E-state index is -3.76. The molecule has 7 nitrogen and oxygen atoms in total. The van der Waals surface area contributed by atoms with Crippen LogP contribution in [0.25, 0.3) is 0 Å². The SMILES string of the molecule is Cc1cc(NS(=O)(=O)c2ccc(NC(=O)CCCl)cc2)no1. The van der Waals surface area contributed by atoms with E-state index in [0.717, 1.165) is 0 Å². The van der Waals surface area contributed by atoms with Crippen molar-refractivity contribution in [2.24, 2.45) is 0 Å². The molecule has 1 amide bonds. The van der Waals surface area contributed by atoms with Gasteiger partial charge in [0, 0.05) is 24.1 Å². The topological polar surface area (TPSA) is 101 Å². The Labute approximate surface area is 132 Å². The Hall–Kier alpha value is -2.06. The Morgan fingerprint density at radius 1 is 1.32 bits per heavy atom. The minimum Gasteiger partial charge on any atom is -0.360 e. The van der Waals surface area contributed by atoms with Crippen LogP contribution < -0.4 is 10.0 Å². The van der Waals surface area contributed by atoms with Crippen LogP contribution in [0.2, 0.25) is 0 Å². The lowest BCUT2D eigenvalue weighted by molar-refractivity contribution is -0.115. The van der Waals surface area contributed by atoms with Crippen LogP contribution in [0.4, 0.5) is 11.5 Å². The summed E-state index contributed by atoms with van der Waals surface area (Å²) in [6.45, 7) is 1.66. The number of carbonyl (C=O) groups is 1. The average molecular weight is 344 g/mol. The summed E-state index contributed by atoms with van der Waals surface area (Å²) in [6, 6.07) is 7.22. The number of carbonyl (C=O) groups excluding carboxylic acids is 1. The number of aromatic nitrogens is 1. The van der Waals surface area contributed by atoms with Crippen LogP contribution in [0, 0.1) is 6.92 Å². The van der Waals surface area contributed by atoms with Gasteiger partial charge in [0.25, 0.3) is 10.0 Å². The van der Waals surface area contributed by atoms with E-state index in [4.69, 9.17) is 16.1 Å². The van der Waals surface area contributed by atoms with Gasteiger partial charge in [-0.05, 0) is 31.2 Å². The highest BCUT2D eigenvalue weighted by molar-refractivity contribution is 7.92. The number of nitrogens with zero attached hydrogens (tertiary/aromatic N) is 1. The van der Waals surface area contributed by atoms with Crippen molar-refractivity contribution in [1.29, 1.82) is 0 Å². The molecule has 0 aliphatic heterocycles. The molecule has 0 aliphatic rings. The second kappa shape index (κ2) is 6.80. The lowest BCUT2D eigenvalue weighted by atomic mass is 10.3. The smallest absolute Gasteiger partial charge is 0.263 e. The zero-order chi connectivity index (χ0) is 16.2. The first-order valence-electron chi connectivity index (χ1n) is 6.33. The third-order valence-electron chi connectivity index (χ3n) is 2.64. The van der Waals surface area contributed by atoms with Crippen molar-refractivity contribution in [2.45, 2.75) is 18.2 Å². The maximum atomic E-state index is 12.1. The summed E-state index contributed by atoms with van der Waals surface area (Å²) in [4.78, 5) is 11.4. The Bertz CT molecular complexity index is 756. The van der Waals surface area contributed by atoms with E-state index >= 15 is 0 Å². The molecule has 1 heterocycles. The minimum absolute atomic E-state index is 0.0449. The molecule has 2 aromatic rings. The maximum Gasteiger partial charge on any atom is 0.263 e. The second-order valence-corrected chi connectivity index (χ2v) is 6.50. The molecule has 9 heteroatoms. The number of benzene rings is 1. The van der Waals surface area contributed by atoms with E-state index in [1.165, 1.54) is 30.3 Å². The van der Waals surface area contributed by atoms with E-state index < -0.39 is 10.0 Å². The van der Waals surface area contributed by atoms with E-state index in [1.54, 1.807) is 6.92 Å². The first kappa shape index (κ1) is 16.3. The summed E-state index contributed by atoms with van der Waals surface area (Å²) in [7, 11) is -3.76. The van der Waals surface area contributed by atoms with Gasteiger partial charge in [0.15, 0.2) is 5.82 Å². The highest BCUT2D eigenvalue weighted by atomic mass is 35.5. The Kier molecular flexibility index (Phi) is 5.04. The maximum absolute atomic E-state index is 12.1. The first-order chi connectivity index (χ1) is 10.4. The summed E-state index contributed by atoms with van der Waals surface area (Å²) < 4.78 is 31.4. The van der Waals surface area contributed by atoms with Crippen molar-refractivity contribution < 1.29 is 17.7 Å². The lowest BCUT2D eigenvalue weighted by Crippen LogP contribution is -2.14. The number of aryl methyl sites for hydroxylation is 1. The van der Waals surface area contributed by atoms with Gasteiger partial charge >= 0.3 is 0 Å². The summed E-state index contributed by atoms with van der Waals surface area (Å²) in [5.41, 5.74) is 0.492. The third kappa shape index (κ3) is 4.22. The molecule has 0 saturated heterocycles. The predicted molar refractivity (Wildman–Crippen MR) is 82.5 cm³/mol. The second-order valence-electron chi connectivity index (χ2n) is 4.44. The molecule has 1 aromatic heterocycles. The first-order valence-corrected chi connectivity index (χ1v) is 8.34. The fourth-order valence-corrected chi connectivity index (χ4v) is 2.79. The van der Waals surface area contributed by atoms with Crippen LogP contribution in [0.5, 0.6) is 0 Å². The van der Waals surface area contributed by atoms with Gasteiger partial charge in [0.1, 0.15) is 5.76 Å². The molecule has 1 aromatic carbocycles. The van der Waals surface area contributed by atoms with Crippen molar-refractivity contribution in [3.8, 4) is 0 Å².